The molecule has 0 amide bonds. The molecule has 0 aliphatic carbocycles. The molecule has 0 bridgehead atoms. The summed E-state index contributed by atoms with van der Waals surface area (Å²) in [5, 5.41) is 29.2. The minimum absolute atomic E-state index is 0.153. The third kappa shape index (κ3) is 38.2. The fourth-order valence-electron chi connectivity index (χ4n) is 0.433. The van der Waals surface area contributed by atoms with Gasteiger partial charge in [0.1, 0.15) is 0 Å². The average molecular weight is 473 g/mol. The quantitative estimate of drug-likeness (QED) is 0.409. The van der Waals surface area contributed by atoms with Crippen LogP contribution in [0, 0.1) is 0 Å². The standard InChI is InChI=1S/3C5H8O2.C4H9.Sn/c3*1-3-4(2)5(6)7;1-4(2)3;/h3*2-3H2,1H3,(H,6,7);1-3H3;/q;;;;+3/p-3. The molecule has 6 nitrogen and oxygen atoms in total. The Hall–Kier alpha value is -1.57. The maximum atomic E-state index is 9.72. The molecule has 0 fully saturated rings. The van der Waals surface area contributed by atoms with Gasteiger partial charge in [0.05, 0.1) is 17.9 Å². The van der Waals surface area contributed by atoms with Crippen LogP contribution in [0.5, 0.6) is 0 Å². The van der Waals surface area contributed by atoms with Crippen molar-refractivity contribution in [3.8, 4) is 0 Å². The van der Waals surface area contributed by atoms with Crippen LogP contribution in [-0.2, 0) is 14.4 Å². The maximum absolute atomic E-state index is 9.72. The van der Waals surface area contributed by atoms with Gasteiger partial charge in [0.2, 0.25) is 0 Å². The van der Waals surface area contributed by atoms with Crippen molar-refractivity contribution in [3.63, 3.8) is 0 Å². The molecule has 146 valence electrons. The van der Waals surface area contributed by atoms with Crippen LogP contribution in [0.25, 0.3) is 0 Å². The monoisotopic (exact) mass is 474 g/mol. The number of carboxylic acids is 3. The molecule has 0 spiro atoms. The normalized spacial score (nSPS) is 8.92. The van der Waals surface area contributed by atoms with Crippen molar-refractivity contribution in [1.82, 2.24) is 0 Å². The first kappa shape index (κ1) is 32.1. The number of hydrogen-bond acceptors (Lipinski definition) is 6. The molecule has 0 aromatic rings. The Balaban J connectivity index is -0.000000125. The summed E-state index contributed by atoms with van der Waals surface area (Å²) in [4.78, 5) is 29.2. The van der Waals surface area contributed by atoms with Crippen molar-refractivity contribution in [2.24, 2.45) is 0 Å². The van der Waals surface area contributed by atoms with E-state index in [1.54, 1.807) is 43.3 Å². The van der Waals surface area contributed by atoms with E-state index in [0.717, 1.165) is 0 Å². The predicted octanol–water partition coefficient (Wildman–Crippen LogP) is 0.481. The third-order valence-corrected chi connectivity index (χ3v) is 2.15. The van der Waals surface area contributed by atoms with Crippen LogP contribution in [0.3, 0.4) is 0 Å². The van der Waals surface area contributed by atoms with E-state index in [1.165, 1.54) is 0 Å². The second-order valence-corrected chi connectivity index (χ2v) is 10.3. The van der Waals surface area contributed by atoms with Crippen molar-refractivity contribution in [1.29, 1.82) is 0 Å². The fourth-order valence-corrected chi connectivity index (χ4v) is 0.433. The molecule has 0 saturated carbocycles. The molecule has 0 aliphatic rings. The molecular weight excluding hydrogens is 443 g/mol. The van der Waals surface area contributed by atoms with E-state index < -0.39 is 17.9 Å². The molecule has 26 heavy (non-hydrogen) atoms. The number of carbonyl (C=O) groups excluding carboxylic acids is 3. The van der Waals surface area contributed by atoms with Crippen molar-refractivity contribution < 1.29 is 29.7 Å². The molecule has 0 aliphatic heterocycles. The van der Waals surface area contributed by atoms with Gasteiger partial charge in [-0.3, -0.25) is 0 Å². The SMILES string of the molecule is C=C(CC)C(=O)[O-].C=C(CC)C(=O)[O-].C=C(CC)C(=O)[O-].C[C](C)(C)[Sn+3]. The van der Waals surface area contributed by atoms with Gasteiger partial charge in [-0.05, 0) is 36.0 Å². The molecule has 0 saturated heterocycles. The van der Waals surface area contributed by atoms with Crippen LogP contribution in [0.1, 0.15) is 60.8 Å². The molecule has 0 rings (SSSR count). The summed E-state index contributed by atoms with van der Waals surface area (Å²) in [6.45, 7) is 21.5. The number of carbonyl (C=O) groups is 3. The van der Waals surface area contributed by atoms with Crippen LogP contribution in [0.15, 0.2) is 36.5 Å². The Kier molecular flexibility index (Phi) is 22.5. The molecule has 0 atom stereocenters. The topological polar surface area (TPSA) is 120 Å². The van der Waals surface area contributed by atoms with Gasteiger partial charge >= 0.3 is 46.7 Å². The summed E-state index contributed by atoms with van der Waals surface area (Å²) in [7, 11) is 0. The summed E-state index contributed by atoms with van der Waals surface area (Å²) in [6, 6.07) is 0. The number of rotatable bonds is 6. The van der Waals surface area contributed by atoms with Crippen molar-refractivity contribution >= 4 is 40.4 Å². The average Bonchev–Trinajstić information content (AvgIpc) is 2.51. The summed E-state index contributed by atoms with van der Waals surface area (Å²) < 4.78 is 0.590. The van der Waals surface area contributed by atoms with E-state index in [2.05, 4.69) is 40.5 Å². The zero-order chi connectivity index (χ0) is 22.1. The molecule has 0 radical (unpaired) electrons. The predicted molar refractivity (Wildman–Crippen MR) is 98.8 cm³/mol. The molecule has 0 heterocycles. The second-order valence-electron chi connectivity index (χ2n) is 5.98. The number of carboxylic acid groups (broad SMARTS) is 3. The molecule has 0 aromatic heterocycles. The Morgan fingerprint density at radius 3 is 0.808 bits per heavy atom. The second kappa shape index (κ2) is 18.2. The van der Waals surface area contributed by atoms with Gasteiger partial charge in [0.15, 0.2) is 0 Å². The summed E-state index contributed by atoms with van der Waals surface area (Å²) in [6.07, 6.45) is 1.38. The van der Waals surface area contributed by atoms with Gasteiger partial charge in [-0.15, -0.1) is 0 Å². The van der Waals surface area contributed by atoms with E-state index in [4.69, 9.17) is 0 Å². The Bertz CT molecular complexity index is 419. The molecule has 7 heteroatoms. The number of aliphatic carboxylic acids is 3. The molecular formula is C19H30O6Sn. The van der Waals surface area contributed by atoms with Gasteiger partial charge in [-0.1, -0.05) is 40.5 Å². The third-order valence-electron chi connectivity index (χ3n) is 2.15. The van der Waals surface area contributed by atoms with Crippen LogP contribution in [0.2, 0.25) is 3.43 Å². The van der Waals surface area contributed by atoms with E-state index in [-0.39, 0.29) is 16.7 Å². The summed E-state index contributed by atoms with van der Waals surface area (Å²) >= 11 is 1.62. The van der Waals surface area contributed by atoms with Crippen molar-refractivity contribution in [2.45, 2.75) is 64.2 Å². The van der Waals surface area contributed by atoms with Crippen LogP contribution in [0.4, 0.5) is 0 Å². The van der Waals surface area contributed by atoms with Crippen LogP contribution < -0.4 is 15.3 Å². The van der Waals surface area contributed by atoms with E-state index in [1.807, 2.05) is 0 Å². The fraction of sp³-hybridized carbons (Fsp3) is 0.526. The van der Waals surface area contributed by atoms with E-state index >= 15 is 0 Å². The van der Waals surface area contributed by atoms with Crippen molar-refractivity contribution in [3.05, 3.63) is 36.5 Å². The van der Waals surface area contributed by atoms with Gasteiger partial charge in [-0.2, -0.15) is 0 Å². The van der Waals surface area contributed by atoms with Crippen molar-refractivity contribution in [2.75, 3.05) is 0 Å². The van der Waals surface area contributed by atoms with Gasteiger partial charge in [0, 0.05) is 0 Å². The Morgan fingerprint density at radius 2 is 0.808 bits per heavy atom. The van der Waals surface area contributed by atoms with Crippen LogP contribution >= 0.6 is 0 Å². The summed E-state index contributed by atoms with van der Waals surface area (Å²) in [5.41, 5.74) is 0.458. The zero-order valence-electron chi connectivity index (χ0n) is 16.7. The first-order valence-corrected chi connectivity index (χ1v) is 9.39. The van der Waals surface area contributed by atoms with Gasteiger partial charge in [-0.25, -0.2) is 0 Å². The van der Waals surface area contributed by atoms with Gasteiger partial charge in [0.25, 0.3) is 0 Å². The Labute approximate surface area is 170 Å². The van der Waals surface area contributed by atoms with E-state index in [0.29, 0.717) is 22.7 Å². The first-order chi connectivity index (χ1) is 11.5. The minimum atomic E-state index is -1.15. The van der Waals surface area contributed by atoms with Crippen LogP contribution in [-0.4, -0.2) is 40.4 Å². The first-order valence-electron chi connectivity index (χ1n) is 7.97. The van der Waals surface area contributed by atoms with Gasteiger partial charge < -0.3 is 29.7 Å². The zero-order valence-corrected chi connectivity index (χ0v) is 19.5. The summed E-state index contributed by atoms with van der Waals surface area (Å²) in [5.74, 6) is -3.45. The molecule has 0 aromatic carbocycles. The molecule has 0 unspecified atom stereocenters. The number of hydrogen-bond donors (Lipinski definition) is 0. The molecule has 0 N–H and O–H groups in total. The Morgan fingerprint density at radius 1 is 0.692 bits per heavy atom. The van der Waals surface area contributed by atoms with E-state index in [9.17, 15) is 29.7 Å².